The Morgan fingerprint density at radius 3 is 2.35 bits per heavy atom. The Bertz CT molecular complexity index is 1120. The zero-order chi connectivity index (χ0) is 24.9. The standard InChI is InChI=1S/C24H27F3N4O2S/c1-5-31-20(14-33-17-12-10-16(11-13-17)23(2,3)4)29-30-22(31)34-15-21(32)28-19-9-7-6-8-18(19)24(25,26)27/h6-13H,5,14-15H2,1-4H3,(H,28,32). The van der Waals surface area contributed by atoms with Crippen LogP contribution in [0.5, 0.6) is 5.75 Å². The molecular formula is C24H27F3N4O2S. The molecule has 0 saturated carbocycles. The number of aromatic nitrogens is 3. The van der Waals surface area contributed by atoms with Gasteiger partial charge in [-0.1, -0.05) is 56.8 Å². The van der Waals surface area contributed by atoms with Crippen LogP contribution >= 0.6 is 11.8 Å². The van der Waals surface area contributed by atoms with Gasteiger partial charge in [0.15, 0.2) is 11.0 Å². The van der Waals surface area contributed by atoms with E-state index in [1.54, 1.807) is 0 Å². The second kappa shape index (κ2) is 10.5. The Morgan fingerprint density at radius 2 is 1.74 bits per heavy atom. The summed E-state index contributed by atoms with van der Waals surface area (Å²) in [5.74, 6) is 0.617. The SMILES string of the molecule is CCn1c(COc2ccc(C(C)(C)C)cc2)nnc1SCC(=O)Nc1ccccc1C(F)(F)F. The van der Waals surface area contributed by atoms with Crippen molar-refractivity contribution in [2.45, 2.75) is 57.6 Å². The summed E-state index contributed by atoms with van der Waals surface area (Å²) in [5, 5.41) is 11.1. The number of alkyl halides is 3. The van der Waals surface area contributed by atoms with Gasteiger partial charge in [0.25, 0.3) is 0 Å². The number of carbonyl (C=O) groups excluding carboxylic acids is 1. The van der Waals surface area contributed by atoms with Gasteiger partial charge in [-0.3, -0.25) is 4.79 Å². The van der Waals surface area contributed by atoms with Crippen LogP contribution in [0.25, 0.3) is 0 Å². The summed E-state index contributed by atoms with van der Waals surface area (Å²) in [6.07, 6.45) is -4.55. The molecule has 1 amide bonds. The predicted molar refractivity (Wildman–Crippen MR) is 126 cm³/mol. The molecule has 1 aromatic heterocycles. The van der Waals surface area contributed by atoms with E-state index in [0.717, 1.165) is 17.8 Å². The summed E-state index contributed by atoms with van der Waals surface area (Å²) in [5.41, 5.74) is 0.0873. The second-order valence-electron chi connectivity index (χ2n) is 8.59. The molecule has 3 aromatic rings. The largest absolute Gasteiger partial charge is 0.486 e. The van der Waals surface area contributed by atoms with E-state index in [2.05, 4.69) is 36.3 Å². The Labute approximate surface area is 200 Å². The predicted octanol–water partition coefficient (Wildman–Crippen LogP) is 5.92. The molecule has 0 aliphatic heterocycles. The maximum Gasteiger partial charge on any atom is 0.418 e. The molecule has 0 unspecified atom stereocenters. The minimum absolute atomic E-state index is 0.0498. The number of benzene rings is 2. The monoisotopic (exact) mass is 492 g/mol. The Morgan fingerprint density at radius 1 is 1.06 bits per heavy atom. The van der Waals surface area contributed by atoms with Crippen LogP contribution in [0.1, 0.15) is 44.6 Å². The highest BCUT2D eigenvalue weighted by Gasteiger charge is 2.33. The number of ether oxygens (including phenoxy) is 1. The number of amides is 1. The number of nitrogens with zero attached hydrogens (tertiary/aromatic N) is 3. The molecule has 3 rings (SSSR count). The van der Waals surface area contributed by atoms with Gasteiger partial charge in [-0.2, -0.15) is 13.2 Å². The summed E-state index contributed by atoms with van der Waals surface area (Å²) < 4.78 is 47.0. The fraction of sp³-hybridized carbons (Fsp3) is 0.375. The van der Waals surface area contributed by atoms with Crippen molar-refractivity contribution in [3.8, 4) is 5.75 Å². The van der Waals surface area contributed by atoms with Crippen LogP contribution in [0.4, 0.5) is 18.9 Å². The van der Waals surface area contributed by atoms with Gasteiger partial charge in [0.2, 0.25) is 5.91 Å². The lowest BCUT2D eigenvalue weighted by Crippen LogP contribution is -2.18. The Kier molecular flexibility index (Phi) is 7.91. The van der Waals surface area contributed by atoms with Crippen molar-refractivity contribution in [3.05, 3.63) is 65.5 Å². The molecule has 34 heavy (non-hydrogen) atoms. The van der Waals surface area contributed by atoms with E-state index in [4.69, 9.17) is 4.74 Å². The quantitative estimate of drug-likeness (QED) is 0.395. The van der Waals surface area contributed by atoms with Gasteiger partial charge in [0.05, 0.1) is 17.0 Å². The number of anilines is 1. The van der Waals surface area contributed by atoms with Crippen molar-refractivity contribution in [2.75, 3.05) is 11.1 Å². The highest BCUT2D eigenvalue weighted by atomic mass is 32.2. The summed E-state index contributed by atoms with van der Waals surface area (Å²) in [6, 6.07) is 12.7. The number of thioether (sulfide) groups is 1. The number of halogens is 3. The molecule has 0 aliphatic rings. The maximum absolute atomic E-state index is 13.1. The zero-order valence-electron chi connectivity index (χ0n) is 19.4. The third-order valence-corrected chi connectivity index (χ3v) is 6.00. The molecule has 0 saturated heterocycles. The number of hydrogen-bond acceptors (Lipinski definition) is 5. The number of hydrogen-bond donors (Lipinski definition) is 1. The van der Waals surface area contributed by atoms with Crippen molar-refractivity contribution < 1.29 is 22.7 Å². The zero-order valence-corrected chi connectivity index (χ0v) is 20.3. The van der Waals surface area contributed by atoms with Gasteiger partial charge in [0, 0.05) is 6.54 Å². The van der Waals surface area contributed by atoms with Crippen molar-refractivity contribution in [2.24, 2.45) is 0 Å². The maximum atomic E-state index is 13.1. The van der Waals surface area contributed by atoms with Crippen molar-refractivity contribution in [1.82, 2.24) is 14.8 Å². The molecule has 2 aromatic carbocycles. The third kappa shape index (κ3) is 6.53. The summed E-state index contributed by atoms with van der Waals surface area (Å²) in [6.45, 7) is 9.08. The van der Waals surface area contributed by atoms with Gasteiger partial charge in [0.1, 0.15) is 12.4 Å². The second-order valence-corrected chi connectivity index (χ2v) is 9.53. The first-order valence-electron chi connectivity index (χ1n) is 10.7. The Hall–Kier alpha value is -3.01. The first kappa shape index (κ1) is 25.6. The average Bonchev–Trinajstić information content (AvgIpc) is 3.17. The van der Waals surface area contributed by atoms with Gasteiger partial charge in [-0.25, -0.2) is 0 Å². The molecule has 0 spiro atoms. The van der Waals surface area contributed by atoms with Crippen LogP contribution in [-0.2, 0) is 29.5 Å². The molecule has 0 aliphatic carbocycles. The van der Waals surface area contributed by atoms with E-state index in [-0.39, 0.29) is 23.5 Å². The molecule has 1 N–H and O–H groups in total. The first-order chi connectivity index (χ1) is 16.0. The molecule has 182 valence electrons. The molecule has 0 radical (unpaired) electrons. The van der Waals surface area contributed by atoms with Crippen LogP contribution in [0, 0.1) is 0 Å². The number of carbonyl (C=O) groups is 1. The van der Waals surface area contributed by atoms with Crippen molar-refractivity contribution in [1.29, 1.82) is 0 Å². The van der Waals surface area contributed by atoms with Crippen LogP contribution in [0.3, 0.4) is 0 Å². The van der Waals surface area contributed by atoms with Crippen LogP contribution in [0.2, 0.25) is 0 Å². The van der Waals surface area contributed by atoms with E-state index in [9.17, 15) is 18.0 Å². The fourth-order valence-corrected chi connectivity index (χ4v) is 4.03. The first-order valence-corrected chi connectivity index (χ1v) is 11.7. The molecule has 0 bridgehead atoms. The third-order valence-electron chi connectivity index (χ3n) is 5.04. The summed E-state index contributed by atoms with van der Waals surface area (Å²) in [4.78, 5) is 12.3. The van der Waals surface area contributed by atoms with Gasteiger partial charge in [-0.15, -0.1) is 10.2 Å². The lowest BCUT2D eigenvalue weighted by atomic mass is 9.87. The van der Waals surface area contributed by atoms with Crippen molar-refractivity contribution >= 4 is 23.4 Å². The van der Waals surface area contributed by atoms with E-state index < -0.39 is 17.6 Å². The van der Waals surface area contributed by atoms with Gasteiger partial charge < -0.3 is 14.6 Å². The number of nitrogens with one attached hydrogen (secondary N) is 1. The summed E-state index contributed by atoms with van der Waals surface area (Å²) in [7, 11) is 0. The van der Waals surface area contributed by atoms with Gasteiger partial charge in [-0.05, 0) is 42.2 Å². The Balaban J connectivity index is 1.60. The lowest BCUT2D eigenvalue weighted by Gasteiger charge is -2.19. The molecule has 10 heteroatoms. The molecule has 0 atom stereocenters. The molecule has 1 heterocycles. The highest BCUT2D eigenvalue weighted by molar-refractivity contribution is 7.99. The number of para-hydroxylation sites is 1. The number of rotatable bonds is 8. The van der Waals surface area contributed by atoms with Crippen LogP contribution in [0.15, 0.2) is 53.7 Å². The highest BCUT2D eigenvalue weighted by Crippen LogP contribution is 2.34. The van der Waals surface area contributed by atoms with Gasteiger partial charge >= 0.3 is 6.18 Å². The summed E-state index contributed by atoms with van der Waals surface area (Å²) >= 11 is 1.10. The fourth-order valence-electron chi connectivity index (χ4n) is 3.20. The van der Waals surface area contributed by atoms with E-state index >= 15 is 0 Å². The minimum Gasteiger partial charge on any atom is -0.486 e. The van der Waals surface area contributed by atoms with E-state index in [1.807, 2.05) is 35.8 Å². The van der Waals surface area contributed by atoms with E-state index in [0.29, 0.717) is 23.3 Å². The topological polar surface area (TPSA) is 69.0 Å². The molecule has 0 fully saturated rings. The molecular weight excluding hydrogens is 465 g/mol. The lowest BCUT2D eigenvalue weighted by molar-refractivity contribution is -0.137. The minimum atomic E-state index is -4.55. The van der Waals surface area contributed by atoms with Crippen LogP contribution < -0.4 is 10.1 Å². The van der Waals surface area contributed by atoms with Crippen molar-refractivity contribution in [3.63, 3.8) is 0 Å². The smallest absolute Gasteiger partial charge is 0.418 e. The molecule has 6 nitrogen and oxygen atoms in total. The van der Waals surface area contributed by atoms with E-state index in [1.165, 1.54) is 23.8 Å². The van der Waals surface area contributed by atoms with Crippen LogP contribution in [-0.4, -0.2) is 26.4 Å². The normalized spacial score (nSPS) is 12.0. The average molecular weight is 493 g/mol.